The SMILES string of the molecule is C=CCc1cc(/C=N/NC(=O)c2cc(-c3ccccc3)nc3ccccc23)cc(OCC)c1OCc1cccc2ccccc12. The van der Waals surface area contributed by atoms with Crippen molar-refractivity contribution < 1.29 is 14.3 Å². The molecular weight excluding hydrogens is 558 g/mol. The van der Waals surface area contributed by atoms with Gasteiger partial charge in [-0.3, -0.25) is 4.79 Å². The van der Waals surface area contributed by atoms with Gasteiger partial charge < -0.3 is 9.47 Å². The zero-order valence-corrected chi connectivity index (χ0v) is 25.1. The number of carbonyl (C=O) groups excluding carboxylic acids is 1. The molecule has 1 N–H and O–H groups in total. The lowest BCUT2D eigenvalue weighted by Gasteiger charge is -2.17. The molecule has 0 saturated heterocycles. The van der Waals surface area contributed by atoms with Gasteiger partial charge in [0.1, 0.15) is 6.61 Å². The highest BCUT2D eigenvalue weighted by Crippen LogP contribution is 2.35. The number of rotatable bonds is 11. The molecule has 6 heteroatoms. The molecule has 6 nitrogen and oxygen atoms in total. The van der Waals surface area contributed by atoms with Crippen molar-refractivity contribution >= 4 is 33.8 Å². The first-order valence-corrected chi connectivity index (χ1v) is 14.9. The maximum atomic E-state index is 13.4. The third-order valence-electron chi connectivity index (χ3n) is 7.48. The van der Waals surface area contributed by atoms with Gasteiger partial charge in [-0.2, -0.15) is 5.10 Å². The first kappa shape index (κ1) is 29.3. The van der Waals surface area contributed by atoms with E-state index in [0.717, 1.165) is 44.2 Å². The highest BCUT2D eigenvalue weighted by atomic mass is 16.5. The predicted octanol–water partition coefficient (Wildman–Crippen LogP) is 8.53. The minimum atomic E-state index is -0.326. The summed E-state index contributed by atoms with van der Waals surface area (Å²) in [4.78, 5) is 18.2. The number of amides is 1. The van der Waals surface area contributed by atoms with Crippen LogP contribution in [-0.4, -0.2) is 23.7 Å². The fraction of sp³-hybridized carbons (Fsp3) is 0.103. The summed E-state index contributed by atoms with van der Waals surface area (Å²) in [5.74, 6) is 0.952. The summed E-state index contributed by atoms with van der Waals surface area (Å²) >= 11 is 0. The number of benzene rings is 5. The van der Waals surface area contributed by atoms with Gasteiger partial charge in [0.05, 0.1) is 29.6 Å². The Morgan fingerprint density at radius 1 is 0.844 bits per heavy atom. The van der Waals surface area contributed by atoms with Crippen molar-refractivity contribution in [1.29, 1.82) is 0 Å². The number of hydrazone groups is 1. The van der Waals surface area contributed by atoms with Crippen LogP contribution in [0, 0.1) is 0 Å². The van der Waals surface area contributed by atoms with Crippen molar-refractivity contribution in [2.24, 2.45) is 5.10 Å². The molecule has 1 aromatic heterocycles. The van der Waals surface area contributed by atoms with E-state index in [0.29, 0.717) is 36.7 Å². The van der Waals surface area contributed by atoms with Crippen LogP contribution in [0.1, 0.15) is 34.0 Å². The number of para-hydroxylation sites is 1. The van der Waals surface area contributed by atoms with Crippen LogP contribution in [0.4, 0.5) is 0 Å². The Morgan fingerprint density at radius 2 is 1.60 bits per heavy atom. The van der Waals surface area contributed by atoms with Gasteiger partial charge in [0.2, 0.25) is 0 Å². The minimum absolute atomic E-state index is 0.326. The smallest absolute Gasteiger partial charge is 0.272 e. The van der Waals surface area contributed by atoms with Gasteiger partial charge >= 0.3 is 0 Å². The van der Waals surface area contributed by atoms with Crippen molar-refractivity contribution in [1.82, 2.24) is 10.4 Å². The molecule has 0 radical (unpaired) electrons. The highest BCUT2D eigenvalue weighted by Gasteiger charge is 2.16. The Balaban J connectivity index is 1.26. The van der Waals surface area contributed by atoms with E-state index in [-0.39, 0.29) is 5.91 Å². The van der Waals surface area contributed by atoms with E-state index in [9.17, 15) is 4.79 Å². The topological polar surface area (TPSA) is 72.8 Å². The van der Waals surface area contributed by atoms with Crippen molar-refractivity contribution in [3.63, 3.8) is 0 Å². The monoisotopic (exact) mass is 591 g/mol. The molecule has 6 rings (SSSR count). The quantitative estimate of drug-likeness (QED) is 0.0931. The normalized spacial score (nSPS) is 11.1. The van der Waals surface area contributed by atoms with Crippen molar-refractivity contribution in [3.8, 4) is 22.8 Å². The fourth-order valence-electron chi connectivity index (χ4n) is 5.41. The number of allylic oxidation sites excluding steroid dienone is 1. The molecule has 0 saturated carbocycles. The molecule has 0 bridgehead atoms. The van der Waals surface area contributed by atoms with Gasteiger partial charge in [0.15, 0.2) is 11.5 Å². The fourth-order valence-corrected chi connectivity index (χ4v) is 5.41. The average molecular weight is 592 g/mol. The number of aromatic nitrogens is 1. The summed E-state index contributed by atoms with van der Waals surface area (Å²) in [7, 11) is 0. The van der Waals surface area contributed by atoms with Crippen molar-refractivity contribution in [3.05, 3.63) is 150 Å². The van der Waals surface area contributed by atoms with E-state index in [1.165, 1.54) is 5.39 Å². The Kier molecular flexibility index (Phi) is 8.93. The molecule has 6 aromatic rings. The Bertz CT molecular complexity index is 2010. The molecule has 5 aromatic carbocycles. The summed E-state index contributed by atoms with van der Waals surface area (Å²) in [6.07, 6.45) is 4.02. The second kappa shape index (κ2) is 13.7. The lowest BCUT2D eigenvalue weighted by Crippen LogP contribution is -2.18. The summed E-state index contributed by atoms with van der Waals surface area (Å²) in [6.45, 7) is 6.73. The first-order valence-electron chi connectivity index (χ1n) is 14.9. The average Bonchev–Trinajstić information content (AvgIpc) is 3.08. The Morgan fingerprint density at radius 3 is 2.42 bits per heavy atom. The predicted molar refractivity (Wildman–Crippen MR) is 182 cm³/mol. The van der Waals surface area contributed by atoms with Gasteiger partial charge in [0.25, 0.3) is 5.91 Å². The van der Waals surface area contributed by atoms with E-state index < -0.39 is 0 Å². The van der Waals surface area contributed by atoms with Gasteiger partial charge in [0, 0.05) is 16.5 Å². The molecule has 0 aliphatic rings. The molecule has 1 amide bonds. The second-order valence-electron chi connectivity index (χ2n) is 10.5. The number of hydrogen-bond donors (Lipinski definition) is 1. The van der Waals surface area contributed by atoms with Gasteiger partial charge in [-0.25, -0.2) is 10.4 Å². The third kappa shape index (κ3) is 6.60. The third-order valence-corrected chi connectivity index (χ3v) is 7.48. The van der Waals surface area contributed by atoms with Crippen LogP contribution in [0.25, 0.3) is 32.9 Å². The number of pyridine rings is 1. The van der Waals surface area contributed by atoms with E-state index in [1.807, 2.05) is 97.9 Å². The molecule has 0 atom stereocenters. The number of ether oxygens (including phenoxy) is 2. The summed E-state index contributed by atoms with van der Waals surface area (Å²) in [5.41, 5.74) is 8.36. The molecule has 45 heavy (non-hydrogen) atoms. The number of fused-ring (bicyclic) bond motifs is 2. The van der Waals surface area contributed by atoms with Gasteiger partial charge in [-0.1, -0.05) is 97.1 Å². The largest absolute Gasteiger partial charge is 0.490 e. The van der Waals surface area contributed by atoms with E-state index in [1.54, 1.807) is 12.3 Å². The molecule has 222 valence electrons. The number of carbonyl (C=O) groups is 1. The summed E-state index contributed by atoms with van der Waals surface area (Å²) in [5, 5.41) is 7.39. The van der Waals surface area contributed by atoms with Crippen LogP contribution in [0.15, 0.2) is 133 Å². The molecule has 0 aliphatic heterocycles. The van der Waals surface area contributed by atoms with Gasteiger partial charge in [-0.05, 0) is 59.5 Å². The second-order valence-corrected chi connectivity index (χ2v) is 10.5. The lowest BCUT2D eigenvalue weighted by atomic mass is 10.0. The van der Waals surface area contributed by atoms with Crippen molar-refractivity contribution in [2.45, 2.75) is 20.0 Å². The maximum Gasteiger partial charge on any atom is 0.272 e. The zero-order valence-electron chi connectivity index (χ0n) is 25.1. The first-order chi connectivity index (χ1) is 22.1. The van der Waals surface area contributed by atoms with Crippen LogP contribution >= 0.6 is 0 Å². The van der Waals surface area contributed by atoms with Crippen LogP contribution in [-0.2, 0) is 13.0 Å². The van der Waals surface area contributed by atoms with Crippen LogP contribution in [0.3, 0.4) is 0 Å². The summed E-state index contributed by atoms with van der Waals surface area (Å²) < 4.78 is 12.4. The van der Waals surface area contributed by atoms with Crippen LogP contribution < -0.4 is 14.9 Å². The lowest BCUT2D eigenvalue weighted by molar-refractivity contribution is 0.0956. The van der Waals surface area contributed by atoms with E-state index in [2.05, 4.69) is 41.4 Å². The zero-order chi connectivity index (χ0) is 31.0. The van der Waals surface area contributed by atoms with Crippen LogP contribution in [0.2, 0.25) is 0 Å². The number of hydrogen-bond acceptors (Lipinski definition) is 5. The maximum absolute atomic E-state index is 13.4. The molecule has 0 unspecified atom stereocenters. The van der Waals surface area contributed by atoms with Gasteiger partial charge in [-0.15, -0.1) is 6.58 Å². The molecule has 1 heterocycles. The Hall–Kier alpha value is -5.75. The Labute approximate surface area is 262 Å². The summed E-state index contributed by atoms with van der Waals surface area (Å²) in [6, 6.07) is 37.6. The number of nitrogens with zero attached hydrogens (tertiary/aromatic N) is 2. The van der Waals surface area contributed by atoms with Crippen LogP contribution in [0.5, 0.6) is 11.5 Å². The molecular formula is C39H33N3O3. The highest BCUT2D eigenvalue weighted by molar-refractivity contribution is 6.07. The van der Waals surface area contributed by atoms with E-state index >= 15 is 0 Å². The minimum Gasteiger partial charge on any atom is -0.490 e. The molecule has 0 spiro atoms. The van der Waals surface area contributed by atoms with E-state index in [4.69, 9.17) is 14.5 Å². The van der Waals surface area contributed by atoms with Crippen molar-refractivity contribution in [2.75, 3.05) is 6.61 Å². The standard InChI is InChI=1S/C39H33N3O3/c1-3-13-30-22-27(23-37(44-4-2)38(30)45-26-31-18-12-17-28-14-8-9-19-32(28)31)25-40-42-39(43)34-24-36(29-15-6-5-7-16-29)41-35-21-11-10-20-33(34)35/h3,5-12,14-25H,1,4,13,26H2,2H3,(H,42,43)/b40-25+. The number of nitrogens with one attached hydrogen (secondary N) is 1. The molecule has 0 fully saturated rings. The molecule has 0 aliphatic carbocycles.